The van der Waals surface area contributed by atoms with Crippen molar-refractivity contribution in [2.45, 2.75) is 37.8 Å². The predicted octanol–water partition coefficient (Wildman–Crippen LogP) is 1.40. The van der Waals surface area contributed by atoms with Crippen molar-refractivity contribution in [3.05, 3.63) is 35.1 Å². The highest BCUT2D eigenvalue weighted by molar-refractivity contribution is 5.77. The number of carbonyl (C=O) groups excluding carboxylic acids is 2. The third-order valence-electron chi connectivity index (χ3n) is 5.43. The summed E-state index contributed by atoms with van der Waals surface area (Å²) in [6.07, 6.45) is 1.12. The number of piperidine rings is 1. The van der Waals surface area contributed by atoms with Gasteiger partial charge in [0.05, 0.1) is 13.2 Å². The smallest absolute Gasteiger partial charge is 0.320 e. The van der Waals surface area contributed by atoms with E-state index in [1.165, 1.54) is 0 Å². The van der Waals surface area contributed by atoms with E-state index in [4.69, 9.17) is 10.5 Å². The van der Waals surface area contributed by atoms with Gasteiger partial charge in [-0.3, -0.25) is 4.79 Å². The Labute approximate surface area is 173 Å². The van der Waals surface area contributed by atoms with Crippen molar-refractivity contribution in [3.63, 3.8) is 0 Å². The van der Waals surface area contributed by atoms with Gasteiger partial charge in [-0.25, -0.2) is 18.0 Å². The van der Waals surface area contributed by atoms with Gasteiger partial charge < -0.3 is 25.6 Å². The topological polar surface area (TPSA) is 87.9 Å². The fraction of sp³-hybridized carbons (Fsp3) is 0.600. The number of urea groups is 1. The second kappa shape index (κ2) is 10.1. The Bertz CT molecular complexity index is 766. The van der Waals surface area contributed by atoms with E-state index < -0.39 is 23.5 Å². The molecule has 1 atom stereocenters. The number of ether oxygens (including phenoxy) is 1. The lowest BCUT2D eigenvalue weighted by Gasteiger charge is -2.37. The average molecular weight is 428 g/mol. The number of morpholine rings is 1. The predicted molar refractivity (Wildman–Crippen MR) is 103 cm³/mol. The highest BCUT2D eigenvalue weighted by atomic mass is 19.2. The molecule has 30 heavy (non-hydrogen) atoms. The molecule has 0 aromatic heterocycles. The van der Waals surface area contributed by atoms with Gasteiger partial charge in [-0.2, -0.15) is 0 Å². The summed E-state index contributed by atoms with van der Waals surface area (Å²) < 4.78 is 45.3. The van der Waals surface area contributed by atoms with E-state index in [1.807, 2.05) is 0 Å². The monoisotopic (exact) mass is 428 g/mol. The maximum absolute atomic E-state index is 13.7. The molecule has 0 aliphatic carbocycles. The molecule has 7 nitrogen and oxygen atoms in total. The van der Waals surface area contributed by atoms with Crippen LogP contribution in [0.3, 0.4) is 0 Å². The Morgan fingerprint density at radius 2 is 1.63 bits per heavy atom. The number of nitrogens with two attached hydrogens (primary N) is 1. The van der Waals surface area contributed by atoms with Crippen LogP contribution in [0, 0.1) is 17.5 Å². The lowest BCUT2D eigenvalue weighted by Crippen LogP contribution is -2.53. The van der Waals surface area contributed by atoms with Gasteiger partial charge in [-0.1, -0.05) is 0 Å². The molecule has 1 aromatic carbocycles. The molecule has 3 N–H and O–H groups in total. The molecule has 2 saturated heterocycles. The van der Waals surface area contributed by atoms with E-state index in [9.17, 15) is 22.8 Å². The summed E-state index contributed by atoms with van der Waals surface area (Å²) in [5, 5.41) is 2.89. The molecular weight excluding hydrogens is 401 g/mol. The molecule has 0 saturated carbocycles. The molecule has 10 heteroatoms. The fourth-order valence-electron chi connectivity index (χ4n) is 3.77. The zero-order valence-electron chi connectivity index (χ0n) is 16.7. The van der Waals surface area contributed by atoms with Crippen molar-refractivity contribution in [2.75, 3.05) is 39.4 Å². The number of halogens is 3. The number of benzene rings is 1. The Kier molecular flexibility index (Phi) is 7.54. The van der Waals surface area contributed by atoms with E-state index in [-0.39, 0.29) is 36.4 Å². The molecule has 0 radical (unpaired) electrons. The fourth-order valence-corrected chi connectivity index (χ4v) is 3.77. The molecule has 0 bridgehead atoms. The number of likely N-dealkylation sites (tertiary alicyclic amines) is 1. The summed E-state index contributed by atoms with van der Waals surface area (Å²) >= 11 is 0. The second-order valence-electron chi connectivity index (χ2n) is 7.74. The van der Waals surface area contributed by atoms with Gasteiger partial charge in [0, 0.05) is 50.7 Å². The lowest BCUT2D eigenvalue weighted by molar-refractivity contribution is -0.122. The number of nitrogens with one attached hydrogen (secondary N) is 1. The van der Waals surface area contributed by atoms with E-state index in [2.05, 4.69) is 5.32 Å². The standard InChI is InChI=1S/C20H27F3N4O3/c21-16-12-18(23)17(22)10-13(16)9-14(24)11-19(28)25-15-1-3-26(4-2-15)20(29)27-5-7-30-8-6-27/h10,12,14-15H,1-9,11,24H2,(H,25,28)/t14-/m1/s1. The number of rotatable bonds is 5. The van der Waals surface area contributed by atoms with Crippen LogP contribution >= 0.6 is 0 Å². The van der Waals surface area contributed by atoms with Crippen LogP contribution in [0.5, 0.6) is 0 Å². The SMILES string of the molecule is N[C@@H](CC(=O)NC1CCN(C(=O)N2CCOCC2)CC1)Cc1cc(F)c(F)cc1F. The summed E-state index contributed by atoms with van der Waals surface area (Å²) in [4.78, 5) is 28.3. The minimum atomic E-state index is -1.26. The molecule has 1 aromatic rings. The van der Waals surface area contributed by atoms with Gasteiger partial charge in [-0.05, 0) is 30.9 Å². The molecular formula is C20H27F3N4O3. The van der Waals surface area contributed by atoms with Crippen LogP contribution in [0.25, 0.3) is 0 Å². The van der Waals surface area contributed by atoms with Gasteiger partial charge >= 0.3 is 6.03 Å². The average Bonchev–Trinajstić information content (AvgIpc) is 2.72. The van der Waals surface area contributed by atoms with E-state index in [0.717, 1.165) is 6.07 Å². The number of amides is 3. The van der Waals surface area contributed by atoms with Gasteiger partial charge in [0.2, 0.25) is 5.91 Å². The van der Waals surface area contributed by atoms with Crippen molar-refractivity contribution >= 4 is 11.9 Å². The van der Waals surface area contributed by atoms with E-state index in [0.29, 0.717) is 58.3 Å². The van der Waals surface area contributed by atoms with E-state index in [1.54, 1.807) is 9.80 Å². The van der Waals surface area contributed by atoms with Gasteiger partial charge in [-0.15, -0.1) is 0 Å². The van der Waals surface area contributed by atoms with Crippen LogP contribution in [0.4, 0.5) is 18.0 Å². The number of hydrogen-bond donors (Lipinski definition) is 2. The van der Waals surface area contributed by atoms with Gasteiger partial charge in [0.1, 0.15) is 5.82 Å². The van der Waals surface area contributed by atoms with Crippen LogP contribution in [0.15, 0.2) is 12.1 Å². The number of carbonyl (C=O) groups is 2. The zero-order chi connectivity index (χ0) is 21.7. The molecule has 0 spiro atoms. The molecule has 166 valence electrons. The van der Waals surface area contributed by atoms with Crippen molar-refractivity contribution in [3.8, 4) is 0 Å². The summed E-state index contributed by atoms with van der Waals surface area (Å²) in [6.45, 7) is 3.37. The summed E-state index contributed by atoms with van der Waals surface area (Å²) in [5.74, 6) is -3.59. The molecule has 3 amide bonds. The Hall–Kier alpha value is -2.33. The first kappa shape index (κ1) is 22.4. The number of nitrogens with zero attached hydrogens (tertiary/aromatic N) is 2. The Morgan fingerprint density at radius 3 is 2.30 bits per heavy atom. The molecule has 2 fully saturated rings. The Morgan fingerprint density at radius 1 is 1.03 bits per heavy atom. The minimum Gasteiger partial charge on any atom is -0.378 e. The summed E-state index contributed by atoms with van der Waals surface area (Å²) in [6, 6.07) is 0.442. The maximum Gasteiger partial charge on any atom is 0.320 e. The second-order valence-corrected chi connectivity index (χ2v) is 7.74. The minimum absolute atomic E-state index is 0.00124. The lowest BCUT2D eigenvalue weighted by atomic mass is 10.0. The Balaban J connectivity index is 1.41. The van der Waals surface area contributed by atoms with Gasteiger partial charge in [0.25, 0.3) is 0 Å². The molecule has 2 aliphatic heterocycles. The quantitative estimate of drug-likeness (QED) is 0.694. The van der Waals surface area contributed by atoms with E-state index >= 15 is 0 Å². The first-order chi connectivity index (χ1) is 14.3. The molecule has 3 rings (SSSR count). The number of hydrogen-bond acceptors (Lipinski definition) is 4. The van der Waals surface area contributed by atoms with Crippen LogP contribution in [-0.2, 0) is 16.0 Å². The molecule has 2 aliphatic rings. The van der Waals surface area contributed by atoms with Crippen LogP contribution < -0.4 is 11.1 Å². The largest absolute Gasteiger partial charge is 0.378 e. The molecule has 2 heterocycles. The molecule has 0 unspecified atom stereocenters. The highest BCUT2D eigenvalue weighted by Gasteiger charge is 2.28. The van der Waals surface area contributed by atoms with Crippen LogP contribution in [0.1, 0.15) is 24.8 Å². The third kappa shape index (κ3) is 5.85. The third-order valence-corrected chi connectivity index (χ3v) is 5.43. The van der Waals surface area contributed by atoms with Crippen molar-refractivity contribution in [2.24, 2.45) is 5.73 Å². The summed E-state index contributed by atoms with van der Waals surface area (Å²) in [7, 11) is 0. The zero-order valence-corrected chi connectivity index (χ0v) is 16.7. The van der Waals surface area contributed by atoms with Crippen molar-refractivity contribution in [1.29, 1.82) is 0 Å². The van der Waals surface area contributed by atoms with Crippen LogP contribution in [-0.4, -0.2) is 73.2 Å². The highest BCUT2D eigenvalue weighted by Crippen LogP contribution is 2.17. The first-order valence-electron chi connectivity index (χ1n) is 10.1. The maximum atomic E-state index is 13.7. The van der Waals surface area contributed by atoms with Crippen molar-refractivity contribution < 1.29 is 27.5 Å². The normalized spacial score (nSPS) is 18.9. The van der Waals surface area contributed by atoms with Gasteiger partial charge in [0.15, 0.2) is 11.6 Å². The summed E-state index contributed by atoms with van der Waals surface area (Å²) in [5.41, 5.74) is 5.84. The van der Waals surface area contributed by atoms with Crippen LogP contribution in [0.2, 0.25) is 0 Å². The van der Waals surface area contributed by atoms with Crippen molar-refractivity contribution in [1.82, 2.24) is 15.1 Å². The first-order valence-corrected chi connectivity index (χ1v) is 10.1.